The number of unbranched alkanes of at least 4 members (excludes halogenated alkanes) is 1. The predicted octanol–water partition coefficient (Wildman–Crippen LogP) is 1.42. The molecular formula is C11H23N5. The summed E-state index contributed by atoms with van der Waals surface area (Å²) >= 11 is 0. The minimum absolute atomic E-state index is 0.293. The Morgan fingerprint density at radius 2 is 2.25 bits per heavy atom. The molecule has 0 fully saturated rings. The maximum atomic E-state index is 5.55. The van der Waals surface area contributed by atoms with Crippen LogP contribution >= 0.6 is 0 Å². The molecule has 0 aliphatic heterocycles. The van der Waals surface area contributed by atoms with E-state index in [1.165, 1.54) is 12.8 Å². The van der Waals surface area contributed by atoms with Gasteiger partial charge in [0.05, 0.1) is 0 Å². The summed E-state index contributed by atoms with van der Waals surface area (Å²) in [6, 6.07) is 0.642. The van der Waals surface area contributed by atoms with E-state index in [4.69, 9.17) is 5.84 Å². The highest BCUT2D eigenvalue weighted by Gasteiger charge is 2.13. The molecule has 1 aromatic heterocycles. The molecule has 3 N–H and O–H groups in total. The van der Waals surface area contributed by atoms with Gasteiger partial charge in [-0.3, -0.25) is 11.3 Å². The molecule has 1 heterocycles. The third-order valence-corrected chi connectivity index (χ3v) is 2.71. The first kappa shape index (κ1) is 13.1. The second kappa shape index (κ2) is 6.60. The van der Waals surface area contributed by atoms with Crippen LogP contribution < -0.4 is 11.3 Å². The van der Waals surface area contributed by atoms with Crippen LogP contribution in [0.25, 0.3) is 0 Å². The third-order valence-electron chi connectivity index (χ3n) is 2.71. The average Bonchev–Trinajstić information content (AvgIpc) is 2.72. The molecule has 0 spiro atoms. The first-order valence-corrected chi connectivity index (χ1v) is 6.03. The zero-order valence-corrected chi connectivity index (χ0v) is 10.5. The summed E-state index contributed by atoms with van der Waals surface area (Å²) in [5.74, 6) is 6.56. The fourth-order valence-electron chi connectivity index (χ4n) is 1.77. The lowest BCUT2D eigenvalue weighted by molar-refractivity contribution is 0.435. The van der Waals surface area contributed by atoms with Crippen molar-refractivity contribution in [2.24, 2.45) is 5.84 Å². The van der Waals surface area contributed by atoms with Gasteiger partial charge in [-0.15, -0.1) is 0 Å². The largest absolute Gasteiger partial charge is 0.271 e. The van der Waals surface area contributed by atoms with Gasteiger partial charge in [0, 0.05) is 18.5 Å². The molecule has 1 unspecified atom stereocenters. The monoisotopic (exact) mass is 225 g/mol. The van der Waals surface area contributed by atoms with E-state index in [9.17, 15) is 0 Å². The van der Waals surface area contributed by atoms with Crippen molar-refractivity contribution in [2.45, 2.75) is 58.5 Å². The molecule has 1 aromatic rings. The van der Waals surface area contributed by atoms with Crippen LogP contribution in [0.3, 0.4) is 0 Å². The van der Waals surface area contributed by atoms with Gasteiger partial charge in [0.25, 0.3) is 0 Å². The Morgan fingerprint density at radius 1 is 1.50 bits per heavy atom. The van der Waals surface area contributed by atoms with Crippen LogP contribution in [0.2, 0.25) is 0 Å². The SMILES string of the molecule is CCCCC(Cc1ncnn1C(C)C)NN. The van der Waals surface area contributed by atoms with E-state index in [0.29, 0.717) is 12.1 Å². The fraction of sp³-hybridized carbons (Fsp3) is 0.818. The van der Waals surface area contributed by atoms with E-state index in [0.717, 1.165) is 18.7 Å². The van der Waals surface area contributed by atoms with Gasteiger partial charge in [0.1, 0.15) is 12.2 Å². The van der Waals surface area contributed by atoms with E-state index in [1.807, 2.05) is 4.68 Å². The Kier molecular flexibility index (Phi) is 5.42. The zero-order valence-electron chi connectivity index (χ0n) is 10.5. The molecule has 0 amide bonds. The Morgan fingerprint density at radius 3 is 2.81 bits per heavy atom. The van der Waals surface area contributed by atoms with Gasteiger partial charge in [-0.2, -0.15) is 5.10 Å². The topological polar surface area (TPSA) is 68.8 Å². The second-order valence-electron chi connectivity index (χ2n) is 4.42. The highest BCUT2D eigenvalue weighted by molar-refractivity contribution is 4.90. The first-order chi connectivity index (χ1) is 7.69. The van der Waals surface area contributed by atoms with Crippen LogP contribution in [0.1, 0.15) is 51.9 Å². The van der Waals surface area contributed by atoms with Crippen LogP contribution in [-0.4, -0.2) is 20.8 Å². The molecule has 1 rings (SSSR count). The van der Waals surface area contributed by atoms with Crippen LogP contribution in [0.5, 0.6) is 0 Å². The Labute approximate surface area is 97.4 Å². The van der Waals surface area contributed by atoms with Crippen LogP contribution in [-0.2, 0) is 6.42 Å². The number of nitrogens with two attached hydrogens (primary N) is 1. The zero-order chi connectivity index (χ0) is 12.0. The van der Waals surface area contributed by atoms with Gasteiger partial charge in [-0.1, -0.05) is 19.8 Å². The third kappa shape index (κ3) is 3.57. The van der Waals surface area contributed by atoms with Crippen molar-refractivity contribution in [3.63, 3.8) is 0 Å². The number of rotatable bonds is 7. The standard InChI is InChI=1S/C11H23N5/c1-4-5-6-10(15-12)7-11-13-8-14-16(11)9(2)3/h8-10,15H,4-7,12H2,1-3H3. The molecule has 5 nitrogen and oxygen atoms in total. The molecule has 0 aliphatic rings. The quantitative estimate of drug-likeness (QED) is 0.544. The van der Waals surface area contributed by atoms with Crippen molar-refractivity contribution in [2.75, 3.05) is 0 Å². The van der Waals surface area contributed by atoms with Gasteiger partial charge in [0.15, 0.2) is 0 Å². The Hall–Kier alpha value is -0.940. The van der Waals surface area contributed by atoms with Crippen molar-refractivity contribution in [1.29, 1.82) is 0 Å². The molecule has 0 saturated carbocycles. The number of nitrogens with zero attached hydrogens (tertiary/aromatic N) is 3. The van der Waals surface area contributed by atoms with Crippen molar-refractivity contribution in [3.8, 4) is 0 Å². The van der Waals surface area contributed by atoms with Crippen molar-refractivity contribution < 1.29 is 0 Å². The maximum Gasteiger partial charge on any atom is 0.138 e. The van der Waals surface area contributed by atoms with Crippen molar-refractivity contribution >= 4 is 0 Å². The smallest absolute Gasteiger partial charge is 0.138 e. The number of aromatic nitrogens is 3. The summed E-state index contributed by atoms with van der Waals surface area (Å²) in [6.45, 7) is 6.40. The summed E-state index contributed by atoms with van der Waals surface area (Å²) in [4.78, 5) is 4.29. The van der Waals surface area contributed by atoms with E-state index in [1.54, 1.807) is 6.33 Å². The van der Waals surface area contributed by atoms with E-state index in [-0.39, 0.29) is 0 Å². The molecular weight excluding hydrogens is 202 g/mol. The molecule has 1 atom stereocenters. The molecule has 5 heteroatoms. The molecule has 0 bridgehead atoms. The highest BCUT2D eigenvalue weighted by atomic mass is 15.3. The normalized spacial score (nSPS) is 13.3. The van der Waals surface area contributed by atoms with E-state index >= 15 is 0 Å². The van der Waals surface area contributed by atoms with Gasteiger partial charge >= 0.3 is 0 Å². The number of hydrogen-bond donors (Lipinski definition) is 2. The van der Waals surface area contributed by atoms with E-state index < -0.39 is 0 Å². The summed E-state index contributed by atoms with van der Waals surface area (Å²) in [5, 5.41) is 4.22. The number of hydrogen-bond acceptors (Lipinski definition) is 4. The minimum atomic E-state index is 0.293. The molecule has 92 valence electrons. The highest BCUT2D eigenvalue weighted by Crippen LogP contribution is 2.10. The lowest BCUT2D eigenvalue weighted by Gasteiger charge is -2.16. The Bertz CT molecular complexity index is 294. The van der Waals surface area contributed by atoms with Crippen LogP contribution in [0, 0.1) is 0 Å². The van der Waals surface area contributed by atoms with Crippen molar-refractivity contribution in [1.82, 2.24) is 20.2 Å². The van der Waals surface area contributed by atoms with Crippen molar-refractivity contribution in [3.05, 3.63) is 12.2 Å². The van der Waals surface area contributed by atoms with Gasteiger partial charge < -0.3 is 0 Å². The molecule has 0 saturated heterocycles. The molecule has 16 heavy (non-hydrogen) atoms. The first-order valence-electron chi connectivity index (χ1n) is 6.03. The predicted molar refractivity (Wildman–Crippen MR) is 64.7 cm³/mol. The summed E-state index contributed by atoms with van der Waals surface area (Å²) in [7, 11) is 0. The average molecular weight is 225 g/mol. The summed E-state index contributed by atoms with van der Waals surface area (Å²) in [6.07, 6.45) is 5.91. The summed E-state index contributed by atoms with van der Waals surface area (Å²) in [5.41, 5.74) is 2.86. The summed E-state index contributed by atoms with van der Waals surface area (Å²) < 4.78 is 1.95. The molecule has 0 aromatic carbocycles. The fourth-order valence-corrected chi connectivity index (χ4v) is 1.77. The molecule has 0 aliphatic carbocycles. The molecule has 0 radical (unpaired) electrons. The van der Waals surface area contributed by atoms with Gasteiger partial charge in [-0.25, -0.2) is 9.67 Å². The number of hydrazine groups is 1. The van der Waals surface area contributed by atoms with Crippen LogP contribution in [0.4, 0.5) is 0 Å². The van der Waals surface area contributed by atoms with Gasteiger partial charge in [-0.05, 0) is 20.3 Å². The lowest BCUT2D eigenvalue weighted by Crippen LogP contribution is -2.37. The Balaban J connectivity index is 2.59. The maximum absolute atomic E-state index is 5.55. The van der Waals surface area contributed by atoms with E-state index in [2.05, 4.69) is 36.3 Å². The minimum Gasteiger partial charge on any atom is -0.271 e. The lowest BCUT2D eigenvalue weighted by atomic mass is 10.1. The van der Waals surface area contributed by atoms with Gasteiger partial charge in [0.2, 0.25) is 0 Å². The second-order valence-corrected chi connectivity index (χ2v) is 4.42. The number of nitrogens with one attached hydrogen (secondary N) is 1. The van der Waals surface area contributed by atoms with Crippen LogP contribution in [0.15, 0.2) is 6.33 Å².